The van der Waals surface area contributed by atoms with Gasteiger partial charge in [0, 0.05) is 29.0 Å². The number of likely N-dealkylation sites (tertiary alicyclic amines) is 1. The van der Waals surface area contributed by atoms with Crippen LogP contribution in [0.2, 0.25) is 0 Å². The molecule has 0 aliphatic carbocycles. The molecule has 98 valence electrons. The van der Waals surface area contributed by atoms with E-state index in [0.29, 0.717) is 0 Å². The molecule has 1 fully saturated rings. The average Bonchev–Trinajstić information content (AvgIpc) is 2.39. The van der Waals surface area contributed by atoms with Crippen molar-refractivity contribution in [2.24, 2.45) is 5.92 Å². The summed E-state index contributed by atoms with van der Waals surface area (Å²) in [6.45, 7) is 2.76. The number of benzene rings is 1. The van der Waals surface area contributed by atoms with E-state index < -0.39 is 0 Å². The number of hydrogen-bond acceptors (Lipinski definition) is 3. The fraction of sp³-hybridized carbons (Fsp3) is 0.500. The standard InChI is InChI=1S/C14H18BrNO2/c1-18-14-5-4-13(15)7-12(14)9-16-6-2-3-11(8-16)10-17/h4-5,7,10-11H,2-3,6,8-9H2,1H3. The molecule has 3 nitrogen and oxygen atoms in total. The van der Waals surface area contributed by atoms with E-state index >= 15 is 0 Å². The quantitative estimate of drug-likeness (QED) is 0.801. The molecule has 0 aromatic heterocycles. The predicted molar refractivity (Wildman–Crippen MR) is 74.8 cm³/mol. The minimum atomic E-state index is 0.192. The molecular weight excluding hydrogens is 294 g/mol. The molecule has 2 rings (SSSR count). The van der Waals surface area contributed by atoms with Gasteiger partial charge in [0.2, 0.25) is 0 Å². The number of ether oxygens (including phenoxy) is 1. The Morgan fingerprint density at radius 2 is 2.39 bits per heavy atom. The Hall–Kier alpha value is -0.870. The first-order chi connectivity index (χ1) is 8.72. The van der Waals surface area contributed by atoms with Crippen molar-refractivity contribution in [2.75, 3.05) is 20.2 Å². The summed E-state index contributed by atoms with van der Waals surface area (Å²) in [4.78, 5) is 13.2. The molecule has 0 radical (unpaired) electrons. The monoisotopic (exact) mass is 311 g/mol. The van der Waals surface area contributed by atoms with Crippen molar-refractivity contribution in [2.45, 2.75) is 19.4 Å². The van der Waals surface area contributed by atoms with Crippen molar-refractivity contribution in [3.05, 3.63) is 28.2 Å². The van der Waals surface area contributed by atoms with E-state index in [0.717, 1.165) is 49.0 Å². The topological polar surface area (TPSA) is 29.5 Å². The number of carbonyl (C=O) groups is 1. The van der Waals surface area contributed by atoms with Gasteiger partial charge in [-0.3, -0.25) is 4.90 Å². The summed E-state index contributed by atoms with van der Waals surface area (Å²) in [6, 6.07) is 6.04. The molecule has 0 saturated carbocycles. The Bertz CT molecular complexity index is 422. The zero-order chi connectivity index (χ0) is 13.0. The minimum Gasteiger partial charge on any atom is -0.496 e. The van der Waals surface area contributed by atoms with Crippen LogP contribution in [-0.2, 0) is 11.3 Å². The zero-order valence-corrected chi connectivity index (χ0v) is 12.1. The molecule has 1 aliphatic rings. The van der Waals surface area contributed by atoms with Crippen LogP contribution in [0, 0.1) is 5.92 Å². The lowest BCUT2D eigenvalue weighted by Crippen LogP contribution is -2.35. The Morgan fingerprint density at radius 3 is 3.11 bits per heavy atom. The summed E-state index contributed by atoms with van der Waals surface area (Å²) in [5.74, 6) is 1.10. The third-order valence-corrected chi connectivity index (χ3v) is 3.86. The Labute approximate surface area is 116 Å². The number of halogens is 1. The van der Waals surface area contributed by atoms with Crippen LogP contribution >= 0.6 is 15.9 Å². The Morgan fingerprint density at radius 1 is 1.56 bits per heavy atom. The molecule has 1 atom stereocenters. The smallest absolute Gasteiger partial charge is 0.124 e. The van der Waals surface area contributed by atoms with Crippen molar-refractivity contribution >= 4 is 22.2 Å². The molecule has 0 bridgehead atoms. The van der Waals surface area contributed by atoms with E-state index in [1.54, 1.807) is 7.11 Å². The van der Waals surface area contributed by atoms with Gasteiger partial charge in [-0.1, -0.05) is 15.9 Å². The first-order valence-corrected chi connectivity index (χ1v) is 7.02. The van der Waals surface area contributed by atoms with Crippen LogP contribution in [0.5, 0.6) is 5.75 Å². The van der Waals surface area contributed by atoms with E-state index in [9.17, 15) is 4.79 Å². The minimum absolute atomic E-state index is 0.192. The van der Waals surface area contributed by atoms with Crippen LogP contribution in [0.15, 0.2) is 22.7 Å². The summed E-state index contributed by atoms with van der Waals surface area (Å²) in [7, 11) is 1.69. The van der Waals surface area contributed by atoms with Crippen molar-refractivity contribution < 1.29 is 9.53 Å². The number of piperidine rings is 1. The number of methoxy groups -OCH3 is 1. The van der Waals surface area contributed by atoms with E-state index in [1.807, 2.05) is 12.1 Å². The molecule has 18 heavy (non-hydrogen) atoms. The lowest BCUT2D eigenvalue weighted by atomic mass is 9.99. The van der Waals surface area contributed by atoms with Gasteiger partial charge in [-0.25, -0.2) is 0 Å². The maximum Gasteiger partial charge on any atom is 0.124 e. The molecule has 1 heterocycles. The van der Waals surface area contributed by atoms with Crippen LogP contribution in [0.1, 0.15) is 18.4 Å². The fourth-order valence-electron chi connectivity index (χ4n) is 2.46. The van der Waals surface area contributed by atoms with Crippen molar-refractivity contribution in [3.63, 3.8) is 0 Å². The molecule has 1 aliphatic heterocycles. The average molecular weight is 312 g/mol. The van der Waals surface area contributed by atoms with Gasteiger partial charge in [-0.05, 0) is 37.6 Å². The molecule has 0 spiro atoms. The lowest BCUT2D eigenvalue weighted by molar-refractivity contribution is -0.112. The summed E-state index contributed by atoms with van der Waals surface area (Å²) in [5.41, 5.74) is 1.17. The maximum atomic E-state index is 10.9. The molecule has 1 unspecified atom stereocenters. The van der Waals surface area contributed by atoms with Gasteiger partial charge in [0.1, 0.15) is 12.0 Å². The number of nitrogens with zero attached hydrogens (tertiary/aromatic N) is 1. The predicted octanol–water partition coefficient (Wildman–Crippen LogP) is 2.87. The van der Waals surface area contributed by atoms with Crippen LogP contribution in [0.4, 0.5) is 0 Å². The molecular formula is C14H18BrNO2. The van der Waals surface area contributed by atoms with Gasteiger partial charge >= 0.3 is 0 Å². The van der Waals surface area contributed by atoms with E-state index in [2.05, 4.69) is 26.9 Å². The van der Waals surface area contributed by atoms with Gasteiger partial charge in [0.25, 0.3) is 0 Å². The highest BCUT2D eigenvalue weighted by molar-refractivity contribution is 9.10. The van der Waals surface area contributed by atoms with Crippen LogP contribution < -0.4 is 4.74 Å². The second kappa shape index (κ2) is 6.34. The molecule has 4 heteroatoms. The zero-order valence-electron chi connectivity index (χ0n) is 10.6. The third-order valence-electron chi connectivity index (χ3n) is 3.37. The first kappa shape index (κ1) is 13.6. The third kappa shape index (κ3) is 3.33. The van der Waals surface area contributed by atoms with Crippen molar-refractivity contribution in [1.82, 2.24) is 4.90 Å². The van der Waals surface area contributed by atoms with E-state index in [4.69, 9.17) is 4.74 Å². The van der Waals surface area contributed by atoms with Crippen molar-refractivity contribution in [1.29, 1.82) is 0 Å². The highest BCUT2D eigenvalue weighted by Crippen LogP contribution is 2.26. The molecule has 1 saturated heterocycles. The van der Waals surface area contributed by atoms with E-state index in [1.165, 1.54) is 5.56 Å². The number of aldehydes is 1. The second-order valence-corrected chi connectivity index (χ2v) is 5.65. The number of hydrogen-bond donors (Lipinski definition) is 0. The Balaban J connectivity index is 2.08. The molecule has 0 amide bonds. The summed E-state index contributed by atoms with van der Waals surface area (Å²) < 4.78 is 6.44. The molecule has 1 aromatic carbocycles. The van der Waals surface area contributed by atoms with Crippen LogP contribution in [-0.4, -0.2) is 31.4 Å². The maximum absolute atomic E-state index is 10.9. The largest absolute Gasteiger partial charge is 0.496 e. The highest BCUT2D eigenvalue weighted by atomic mass is 79.9. The first-order valence-electron chi connectivity index (χ1n) is 6.23. The van der Waals surface area contributed by atoms with Crippen molar-refractivity contribution in [3.8, 4) is 5.75 Å². The lowest BCUT2D eigenvalue weighted by Gasteiger charge is -2.30. The SMILES string of the molecule is COc1ccc(Br)cc1CN1CCCC(C=O)C1. The van der Waals surface area contributed by atoms with Gasteiger partial charge in [0.05, 0.1) is 7.11 Å². The second-order valence-electron chi connectivity index (χ2n) is 4.73. The van der Waals surface area contributed by atoms with Gasteiger partial charge in [-0.15, -0.1) is 0 Å². The van der Waals surface area contributed by atoms with Gasteiger partial charge < -0.3 is 9.53 Å². The molecule has 0 N–H and O–H groups in total. The Kier molecular flexibility index (Phi) is 4.78. The van der Waals surface area contributed by atoms with Crippen LogP contribution in [0.3, 0.4) is 0 Å². The summed E-state index contributed by atoms with van der Waals surface area (Å²) in [6.07, 6.45) is 3.21. The van der Waals surface area contributed by atoms with Gasteiger partial charge in [-0.2, -0.15) is 0 Å². The number of carbonyl (C=O) groups excluding carboxylic acids is 1. The molecule has 1 aromatic rings. The van der Waals surface area contributed by atoms with Crippen LogP contribution in [0.25, 0.3) is 0 Å². The van der Waals surface area contributed by atoms with Gasteiger partial charge in [0.15, 0.2) is 0 Å². The fourth-order valence-corrected chi connectivity index (χ4v) is 2.87. The van der Waals surface area contributed by atoms with E-state index in [-0.39, 0.29) is 5.92 Å². The normalized spacial score (nSPS) is 20.7. The summed E-state index contributed by atoms with van der Waals surface area (Å²) >= 11 is 3.49. The number of rotatable bonds is 4. The summed E-state index contributed by atoms with van der Waals surface area (Å²) in [5, 5.41) is 0. The highest BCUT2D eigenvalue weighted by Gasteiger charge is 2.20.